The van der Waals surface area contributed by atoms with Crippen LogP contribution in [-0.4, -0.2) is 49.0 Å². The van der Waals surface area contributed by atoms with Crippen LogP contribution < -0.4 is 5.32 Å². The van der Waals surface area contributed by atoms with Crippen LogP contribution in [0.15, 0.2) is 18.2 Å². The molecule has 2 N–H and O–H groups in total. The minimum absolute atomic E-state index is 0.216. The summed E-state index contributed by atoms with van der Waals surface area (Å²) >= 11 is 12.1. The van der Waals surface area contributed by atoms with E-state index in [1.54, 1.807) is 18.2 Å². The first-order chi connectivity index (χ1) is 11.3. The smallest absolute Gasteiger partial charge is 0.267 e. The number of piperidine rings is 1. The number of hydrogen-bond acceptors (Lipinski definition) is 3. The minimum Gasteiger partial charge on any atom is -0.350 e. The van der Waals surface area contributed by atoms with Crippen molar-refractivity contribution in [1.29, 1.82) is 0 Å². The third-order valence-electron chi connectivity index (χ3n) is 4.12. The van der Waals surface area contributed by atoms with Crippen LogP contribution in [0.5, 0.6) is 0 Å². The zero-order valence-electron chi connectivity index (χ0n) is 13.0. The van der Waals surface area contributed by atoms with Gasteiger partial charge in [0.1, 0.15) is 5.69 Å². The Morgan fingerprint density at radius 1 is 1.38 bits per heavy atom. The second kappa shape index (κ2) is 6.55. The van der Waals surface area contributed by atoms with Crippen molar-refractivity contribution < 1.29 is 13.2 Å². The van der Waals surface area contributed by atoms with E-state index in [2.05, 4.69) is 10.3 Å². The van der Waals surface area contributed by atoms with E-state index in [-0.39, 0.29) is 18.5 Å². The Hall–Kier alpha value is -1.28. The van der Waals surface area contributed by atoms with E-state index in [0.29, 0.717) is 34.1 Å². The fourth-order valence-electron chi connectivity index (χ4n) is 2.89. The van der Waals surface area contributed by atoms with Gasteiger partial charge in [0.15, 0.2) is 0 Å². The number of carbonyl (C=O) groups is 1. The lowest BCUT2D eigenvalue weighted by Gasteiger charge is -2.31. The molecule has 2 aromatic rings. The highest BCUT2D eigenvalue weighted by Gasteiger charge is 2.27. The number of sulfonamides is 1. The molecule has 1 atom stereocenters. The van der Waals surface area contributed by atoms with Crippen molar-refractivity contribution in [3.63, 3.8) is 0 Å². The monoisotopic (exact) mass is 389 g/mol. The topological polar surface area (TPSA) is 82.3 Å². The highest BCUT2D eigenvalue weighted by molar-refractivity contribution is 7.88. The zero-order chi connectivity index (χ0) is 17.5. The molecule has 0 radical (unpaired) electrons. The van der Waals surface area contributed by atoms with Crippen LogP contribution in [0.2, 0.25) is 10.0 Å². The first-order valence-corrected chi connectivity index (χ1v) is 10.1. The van der Waals surface area contributed by atoms with E-state index < -0.39 is 10.0 Å². The molecule has 0 spiro atoms. The second-order valence-electron chi connectivity index (χ2n) is 5.94. The lowest BCUT2D eigenvalue weighted by molar-refractivity contribution is 0.0917. The number of aromatic nitrogens is 1. The van der Waals surface area contributed by atoms with Crippen molar-refractivity contribution in [3.8, 4) is 0 Å². The molecule has 24 heavy (non-hydrogen) atoms. The normalized spacial score (nSPS) is 19.5. The van der Waals surface area contributed by atoms with Gasteiger partial charge in [-0.15, -0.1) is 0 Å². The van der Waals surface area contributed by atoms with Crippen molar-refractivity contribution in [1.82, 2.24) is 14.6 Å². The van der Waals surface area contributed by atoms with Gasteiger partial charge in [0.2, 0.25) is 10.0 Å². The lowest BCUT2D eigenvalue weighted by atomic mass is 10.1. The maximum absolute atomic E-state index is 12.4. The van der Waals surface area contributed by atoms with Crippen molar-refractivity contribution in [2.75, 3.05) is 19.3 Å². The summed E-state index contributed by atoms with van der Waals surface area (Å²) in [6, 6.07) is 4.85. The number of amides is 1. The summed E-state index contributed by atoms with van der Waals surface area (Å²) in [5, 5.41) is 4.37. The van der Waals surface area contributed by atoms with Crippen LogP contribution in [0.3, 0.4) is 0 Å². The molecule has 0 saturated carbocycles. The molecule has 1 fully saturated rings. The Kier molecular flexibility index (Phi) is 4.79. The van der Waals surface area contributed by atoms with E-state index in [1.165, 1.54) is 10.6 Å². The number of fused-ring (bicyclic) bond motifs is 1. The van der Waals surface area contributed by atoms with Crippen LogP contribution in [0, 0.1) is 0 Å². The molecule has 1 aromatic carbocycles. The lowest BCUT2D eigenvalue weighted by Crippen LogP contribution is -2.49. The predicted molar refractivity (Wildman–Crippen MR) is 95.2 cm³/mol. The molecule has 6 nitrogen and oxygen atoms in total. The molecule has 1 amide bonds. The standard InChI is InChI=1S/C15H17Cl2N3O3S/c1-24(22,23)20-6-2-3-9(8-20)18-15(21)13-7-10-12(19-13)5-4-11(16)14(10)17/h4-5,7,9,19H,2-3,6,8H2,1H3,(H,18,21). The summed E-state index contributed by atoms with van der Waals surface area (Å²) < 4.78 is 24.7. The molecule has 1 aromatic heterocycles. The third-order valence-corrected chi connectivity index (χ3v) is 6.21. The number of benzene rings is 1. The fourth-order valence-corrected chi connectivity index (χ4v) is 4.18. The second-order valence-corrected chi connectivity index (χ2v) is 8.71. The Labute approximate surface area is 150 Å². The van der Waals surface area contributed by atoms with Gasteiger partial charge in [-0.05, 0) is 31.0 Å². The van der Waals surface area contributed by atoms with Gasteiger partial charge in [0.25, 0.3) is 5.91 Å². The molecule has 2 heterocycles. The Morgan fingerprint density at radius 2 is 2.12 bits per heavy atom. The number of aromatic amines is 1. The van der Waals surface area contributed by atoms with E-state index >= 15 is 0 Å². The molecular formula is C15H17Cl2N3O3S. The van der Waals surface area contributed by atoms with Crippen molar-refractivity contribution in [2.24, 2.45) is 0 Å². The molecular weight excluding hydrogens is 373 g/mol. The molecule has 1 aliphatic rings. The van der Waals surface area contributed by atoms with Crippen LogP contribution in [-0.2, 0) is 10.0 Å². The summed E-state index contributed by atoms with van der Waals surface area (Å²) in [5.41, 5.74) is 1.08. The summed E-state index contributed by atoms with van der Waals surface area (Å²) in [6.45, 7) is 0.781. The largest absolute Gasteiger partial charge is 0.350 e. The molecule has 3 rings (SSSR count). The predicted octanol–water partition coefficient (Wildman–Crippen LogP) is 2.63. The fraction of sp³-hybridized carbons (Fsp3) is 0.400. The van der Waals surface area contributed by atoms with Crippen molar-refractivity contribution in [3.05, 3.63) is 33.9 Å². The highest BCUT2D eigenvalue weighted by Crippen LogP contribution is 2.31. The van der Waals surface area contributed by atoms with E-state index in [1.807, 2.05) is 0 Å². The first-order valence-electron chi connectivity index (χ1n) is 7.48. The number of nitrogens with zero attached hydrogens (tertiary/aromatic N) is 1. The molecule has 0 bridgehead atoms. The summed E-state index contributed by atoms with van der Waals surface area (Å²) in [6.07, 6.45) is 2.64. The average molecular weight is 390 g/mol. The van der Waals surface area contributed by atoms with Gasteiger partial charge in [-0.1, -0.05) is 23.2 Å². The molecule has 1 saturated heterocycles. The number of hydrogen-bond donors (Lipinski definition) is 2. The van der Waals surface area contributed by atoms with Gasteiger partial charge in [0.05, 0.1) is 16.3 Å². The van der Waals surface area contributed by atoms with E-state index in [4.69, 9.17) is 23.2 Å². The number of carbonyl (C=O) groups excluding carboxylic acids is 1. The van der Waals surface area contributed by atoms with E-state index in [0.717, 1.165) is 11.9 Å². The average Bonchev–Trinajstić information content (AvgIpc) is 2.95. The summed E-state index contributed by atoms with van der Waals surface area (Å²) in [4.78, 5) is 15.5. The van der Waals surface area contributed by atoms with Gasteiger partial charge in [0, 0.05) is 30.0 Å². The maximum Gasteiger partial charge on any atom is 0.267 e. The van der Waals surface area contributed by atoms with Crippen LogP contribution in [0.25, 0.3) is 10.9 Å². The number of nitrogens with one attached hydrogen (secondary N) is 2. The van der Waals surface area contributed by atoms with Crippen molar-refractivity contribution >= 4 is 50.0 Å². The van der Waals surface area contributed by atoms with Crippen molar-refractivity contribution in [2.45, 2.75) is 18.9 Å². The molecule has 1 unspecified atom stereocenters. The molecule has 0 aliphatic carbocycles. The maximum atomic E-state index is 12.4. The van der Waals surface area contributed by atoms with Gasteiger partial charge < -0.3 is 10.3 Å². The Morgan fingerprint density at radius 3 is 2.83 bits per heavy atom. The van der Waals surface area contributed by atoms with Crippen LogP contribution in [0.4, 0.5) is 0 Å². The highest BCUT2D eigenvalue weighted by atomic mass is 35.5. The minimum atomic E-state index is -3.25. The zero-order valence-corrected chi connectivity index (χ0v) is 15.3. The summed E-state index contributed by atoms with van der Waals surface area (Å²) in [7, 11) is -3.25. The third kappa shape index (κ3) is 3.54. The van der Waals surface area contributed by atoms with Gasteiger partial charge in [-0.2, -0.15) is 0 Å². The Balaban J connectivity index is 1.76. The number of rotatable bonds is 3. The van der Waals surface area contributed by atoms with Gasteiger partial charge in [-0.25, -0.2) is 12.7 Å². The van der Waals surface area contributed by atoms with Crippen LogP contribution in [0.1, 0.15) is 23.3 Å². The van der Waals surface area contributed by atoms with Crippen LogP contribution >= 0.6 is 23.2 Å². The number of halogens is 2. The van der Waals surface area contributed by atoms with Gasteiger partial charge >= 0.3 is 0 Å². The van der Waals surface area contributed by atoms with E-state index in [9.17, 15) is 13.2 Å². The summed E-state index contributed by atoms with van der Waals surface area (Å²) in [5.74, 6) is -0.293. The quantitative estimate of drug-likeness (QED) is 0.846. The first kappa shape index (κ1) is 17.5. The molecule has 9 heteroatoms. The number of H-pyrrole nitrogens is 1. The Bertz CT molecular complexity index is 895. The molecule has 1 aliphatic heterocycles. The van der Waals surface area contributed by atoms with Gasteiger partial charge in [-0.3, -0.25) is 4.79 Å². The SMILES string of the molecule is CS(=O)(=O)N1CCCC(NC(=O)c2cc3c(Cl)c(Cl)ccc3[nH]2)C1. The molecule has 130 valence electrons.